The summed E-state index contributed by atoms with van der Waals surface area (Å²) < 4.78 is 11.1. The normalized spacial score (nSPS) is 23.9. The SMILES string of the molecule is CN=C(NCCCCN1CCCC(C)C1)NCCCOCC1CCOC1.I. The molecule has 0 aromatic carbocycles. The Bertz CT molecular complexity index is 392. The lowest BCUT2D eigenvalue weighted by molar-refractivity contribution is 0.0888. The summed E-state index contributed by atoms with van der Waals surface area (Å²) >= 11 is 0. The summed E-state index contributed by atoms with van der Waals surface area (Å²) in [6.07, 6.45) is 7.37. The first-order valence-electron chi connectivity index (χ1n) is 10.6. The Labute approximate surface area is 183 Å². The number of hydrogen-bond donors (Lipinski definition) is 2. The summed E-state index contributed by atoms with van der Waals surface area (Å²) in [4.78, 5) is 6.92. The van der Waals surface area contributed by atoms with Crippen LogP contribution >= 0.6 is 24.0 Å². The molecule has 7 heteroatoms. The lowest BCUT2D eigenvalue weighted by Gasteiger charge is -2.30. The van der Waals surface area contributed by atoms with Gasteiger partial charge in [-0.15, -0.1) is 24.0 Å². The molecule has 0 amide bonds. The number of piperidine rings is 1. The number of halogens is 1. The van der Waals surface area contributed by atoms with E-state index in [0.717, 1.165) is 64.2 Å². The molecule has 2 saturated heterocycles. The van der Waals surface area contributed by atoms with Gasteiger partial charge < -0.3 is 25.0 Å². The molecule has 0 radical (unpaired) electrons. The fourth-order valence-electron chi connectivity index (χ4n) is 3.72. The number of aliphatic imine (C=N–C) groups is 1. The molecule has 0 aromatic rings. The number of ether oxygens (including phenoxy) is 2. The number of rotatable bonds is 11. The van der Waals surface area contributed by atoms with Crippen LogP contribution < -0.4 is 10.6 Å². The minimum atomic E-state index is 0. The van der Waals surface area contributed by atoms with E-state index < -0.39 is 0 Å². The van der Waals surface area contributed by atoms with Gasteiger partial charge in [-0.25, -0.2) is 0 Å². The first kappa shape index (κ1) is 24.9. The van der Waals surface area contributed by atoms with Gasteiger partial charge in [0.15, 0.2) is 5.96 Å². The Hall–Kier alpha value is -0.120. The Morgan fingerprint density at radius 3 is 2.70 bits per heavy atom. The van der Waals surface area contributed by atoms with Gasteiger partial charge in [-0.1, -0.05) is 6.92 Å². The predicted molar refractivity (Wildman–Crippen MR) is 123 cm³/mol. The van der Waals surface area contributed by atoms with E-state index in [1.54, 1.807) is 0 Å². The van der Waals surface area contributed by atoms with Gasteiger partial charge in [0.05, 0.1) is 13.2 Å². The molecule has 0 spiro atoms. The molecule has 2 heterocycles. The van der Waals surface area contributed by atoms with Crippen molar-refractivity contribution in [3.63, 3.8) is 0 Å². The maximum absolute atomic E-state index is 5.73. The Balaban J connectivity index is 0.00000364. The molecule has 2 fully saturated rings. The highest BCUT2D eigenvalue weighted by Crippen LogP contribution is 2.15. The van der Waals surface area contributed by atoms with Crippen LogP contribution in [0.4, 0.5) is 0 Å². The molecule has 160 valence electrons. The lowest BCUT2D eigenvalue weighted by Crippen LogP contribution is -2.39. The zero-order chi connectivity index (χ0) is 18.5. The molecule has 2 rings (SSSR count). The second-order valence-corrected chi connectivity index (χ2v) is 7.84. The van der Waals surface area contributed by atoms with Gasteiger partial charge in [-0.3, -0.25) is 4.99 Å². The van der Waals surface area contributed by atoms with Gasteiger partial charge in [-0.05, 0) is 57.5 Å². The number of nitrogens with one attached hydrogen (secondary N) is 2. The maximum atomic E-state index is 5.73. The largest absolute Gasteiger partial charge is 0.381 e. The Morgan fingerprint density at radius 1 is 1.19 bits per heavy atom. The summed E-state index contributed by atoms with van der Waals surface area (Å²) in [5, 5.41) is 6.78. The van der Waals surface area contributed by atoms with E-state index in [-0.39, 0.29) is 24.0 Å². The van der Waals surface area contributed by atoms with E-state index in [1.165, 1.54) is 45.3 Å². The molecule has 2 aliphatic heterocycles. The molecule has 2 aliphatic rings. The highest BCUT2D eigenvalue weighted by Gasteiger charge is 2.16. The molecule has 6 nitrogen and oxygen atoms in total. The third-order valence-corrected chi connectivity index (χ3v) is 5.29. The number of unbranched alkanes of at least 4 members (excludes halogenated alkanes) is 1. The molecular weight excluding hydrogens is 455 g/mol. The van der Waals surface area contributed by atoms with Crippen molar-refractivity contribution in [3.05, 3.63) is 0 Å². The van der Waals surface area contributed by atoms with Crippen LogP contribution in [0.3, 0.4) is 0 Å². The average molecular weight is 496 g/mol. The molecule has 0 aliphatic carbocycles. The molecular formula is C20H41IN4O2. The zero-order valence-corrected chi connectivity index (χ0v) is 19.7. The summed E-state index contributed by atoms with van der Waals surface area (Å²) in [5.74, 6) is 2.38. The molecule has 0 bridgehead atoms. The van der Waals surface area contributed by atoms with Gasteiger partial charge in [-0.2, -0.15) is 0 Å². The van der Waals surface area contributed by atoms with Crippen molar-refractivity contribution in [1.29, 1.82) is 0 Å². The Morgan fingerprint density at radius 2 is 2.00 bits per heavy atom. The smallest absolute Gasteiger partial charge is 0.190 e. The van der Waals surface area contributed by atoms with Crippen LogP contribution in [-0.2, 0) is 9.47 Å². The fourth-order valence-corrected chi connectivity index (χ4v) is 3.72. The Kier molecular flexibility index (Phi) is 14.5. The highest BCUT2D eigenvalue weighted by atomic mass is 127. The number of guanidine groups is 1. The minimum Gasteiger partial charge on any atom is -0.381 e. The molecule has 27 heavy (non-hydrogen) atoms. The van der Waals surface area contributed by atoms with E-state index in [9.17, 15) is 0 Å². The van der Waals surface area contributed by atoms with Gasteiger partial charge in [0, 0.05) is 45.8 Å². The van der Waals surface area contributed by atoms with Crippen molar-refractivity contribution in [2.45, 2.75) is 45.4 Å². The number of nitrogens with zero attached hydrogens (tertiary/aromatic N) is 2. The van der Waals surface area contributed by atoms with E-state index in [4.69, 9.17) is 9.47 Å². The first-order valence-corrected chi connectivity index (χ1v) is 10.6. The van der Waals surface area contributed by atoms with E-state index in [2.05, 4.69) is 27.4 Å². The van der Waals surface area contributed by atoms with Gasteiger partial charge in [0.2, 0.25) is 0 Å². The number of likely N-dealkylation sites (tertiary alicyclic amines) is 1. The van der Waals surface area contributed by atoms with Crippen LogP contribution in [0.2, 0.25) is 0 Å². The van der Waals surface area contributed by atoms with Crippen LogP contribution in [0.5, 0.6) is 0 Å². The van der Waals surface area contributed by atoms with E-state index in [0.29, 0.717) is 5.92 Å². The van der Waals surface area contributed by atoms with Crippen molar-refractivity contribution >= 4 is 29.9 Å². The summed E-state index contributed by atoms with van der Waals surface area (Å²) in [6, 6.07) is 0. The van der Waals surface area contributed by atoms with Crippen LogP contribution in [0.15, 0.2) is 4.99 Å². The monoisotopic (exact) mass is 496 g/mol. The molecule has 0 saturated carbocycles. The molecule has 2 unspecified atom stereocenters. The van der Waals surface area contributed by atoms with Crippen molar-refractivity contribution in [1.82, 2.24) is 15.5 Å². The van der Waals surface area contributed by atoms with Crippen LogP contribution in [0.1, 0.15) is 45.4 Å². The zero-order valence-electron chi connectivity index (χ0n) is 17.4. The molecule has 2 atom stereocenters. The van der Waals surface area contributed by atoms with Gasteiger partial charge in [0.1, 0.15) is 0 Å². The maximum Gasteiger partial charge on any atom is 0.190 e. The predicted octanol–water partition coefficient (Wildman–Crippen LogP) is 2.72. The topological polar surface area (TPSA) is 58.1 Å². The van der Waals surface area contributed by atoms with Crippen molar-refractivity contribution < 1.29 is 9.47 Å². The third kappa shape index (κ3) is 11.5. The second-order valence-electron chi connectivity index (χ2n) is 7.84. The third-order valence-electron chi connectivity index (χ3n) is 5.29. The standard InChI is InChI=1S/C20H40N4O2.HI/c1-18-7-5-12-24(15-18)11-4-3-9-22-20(21-2)23-10-6-13-25-16-19-8-14-26-17-19;/h18-19H,3-17H2,1-2H3,(H2,21,22,23);1H. The minimum absolute atomic E-state index is 0. The van der Waals surface area contributed by atoms with Crippen molar-refractivity contribution in [2.24, 2.45) is 16.8 Å². The van der Waals surface area contributed by atoms with Crippen molar-refractivity contribution in [3.8, 4) is 0 Å². The van der Waals surface area contributed by atoms with Crippen LogP contribution in [0, 0.1) is 11.8 Å². The first-order chi connectivity index (χ1) is 12.8. The van der Waals surface area contributed by atoms with Gasteiger partial charge in [0.25, 0.3) is 0 Å². The van der Waals surface area contributed by atoms with Crippen LogP contribution in [0.25, 0.3) is 0 Å². The fraction of sp³-hybridized carbons (Fsp3) is 0.950. The molecule has 2 N–H and O–H groups in total. The summed E-state index contributed by atoms with van der Waals surface area (Å²) in [7, 11) is 1.83. The highest BCUT2D eigenvalue weighted by molar-refractivity contribution is 14.0. The average Bonchev–Trinajstić information content (AvgIpc) is 3.16. The van der Waals surface area contributed by atoms with Gasteiger partial charge >= 0.3 is 0 Å². The summed E-state index contributed by atoms with van der Waals surface area (Å²) in [5.41, 5.74) is 0. The summed E-state index contributed by atoms with van der Waals surface area (Å²) in [6.45, 7) is 11.5. The quantitative estimate of drug-likeness (QED) is 0.200. The second kappa shape index (κ2) is 15.8. The molecule has 0 aromatic heterocycles. The number of hydrogen-bond acceptors (Lipinski definition) is 4. The lowest BCUT2D eigenvalue weighted by atomic mass is 10.0. The van der Waals surface area contributed by atoms with E-state index in [1.807, 2.05) is 7.05 Å². The van der Waals surface area contributed by atoms with Crippen LogP contribution in [-0.4, -0.2) is 77.1 Å². The van der Waals surface area contributed by atoms with E-state index >= 15 is 0 Å². The van der Waals surface area contributed by atoms with Crippen molar-refractivity contribution in [2.75, 3.05) is 66.2 Å².